The molecule has 148 valence electrons. The second kappa shape index (κ2) is 8.82. The summed E-state index contributed by atoms with van der Waals surface area (Å²) in [7, 11) is 1.58. The lowest BCUT2D eigenvalue weighted by Gasteiger charge is -2.12. The fourth-order valence-corrected chi connectivity index (χ4v) is 3.10. The number of benzene rings is 2. The van der Waals surface area contributed by atoms with Gasteiger partial charge in [-0.25, -0.2) is 0 Å². The summed E-state index contributed by atoms with van der Waals surface area (Å²) in [5, 5.41) is 23.4. The number of aliphatic hydroxyl groups is 1. The van der Waals surface area contributed by atoms with Crippen molar-refractivity contribution in [2.45, 2.75) is 13.0 Å². The Bertz CT molecular complexity index is 1190. The molecule has 1 amide bonds. The van der Waals surface area contributed by atoms with E-state index in [0.717, 1.165) is 5.56 Å². The van der Waals surface area contributed by atoms with Crippen molar-refractivity contribution < 1.29 is 15.0 Å². The molecule has 29 heavy (non-hydrogen) atoms. The van der Waals surface area contributed by atoms with Crippen molar-refractivity contribution in [2.75, 3.05) is 6.61 Å². The number of halogens is 1. The van der Waals surface area contributed by atoms with Gasteiger partial charge in [-0.15, -0.1) is 0 Å². The number of aliphatic hydroxyl groups excluding tert-OH is 1. The highest BCUT2D eigenvalue weighted by Gasteiger charge is 2.14. The highest BCUT2D eigenvalue weighted by Crippen LogP contribution is 2.28. The van der Waals surface area contributed by atoms with Crippen molar-refractivity contribution in [3.05, 3.63) is 74.5 Å². The number of aromatic nitrogens is 1. The van der Waals surface area contributed by atoms with Crippen LogP contribution in [0.4, 0.5) is 0 Å². The smallest absolute Gasteiger partial charge is 0.266 e. The van der Waals surface area contributed by atoms with Gasteiger partial charge in [0.05, 0.1) is 17.5 Å². The Morgan fingerprint density at radius 1 is 1.21 bits per heavy atom. The molecule has 0 saturated heterocycles. The Kier molecular flexibility index (Phi) is 6.23. The van der Waals surface area contributed by atoms with Crippen LogP contribution in [-0.4, -0.2) is 27.3 Å². The standard InChI is InChI=1S/C22H19ClN2O4/c1-25-19-9-6-15(12-20(27)24-13-14-4-7-17(23)8-5-14)21(28)18(19)11-16(22(25)29)3-2-10-26/h4-9,11,26,28H,10,12-13H2,1H3,(H,24,27). The summed E-state index contributed by atoms with van der Waals surface area (Å²) in [6, 6.07) is 11.9. The lowest BCUT2D eigenvalue weighted by Crippen LogP contribution is -2.24. The number of hydrogen-bond acceptors (Lipinski definition) is 4. The van der Waals surface area contributed by atoms with Crippen molar-refractivity contribution in [3.63, 3.8) is 0 Å². The predicted octanol–water partition coefficient (Wildman–Crippen LogP) is 2.10. The van der Waals surface area contributed by atoms with Crippen molar-refractivity contribution >= 4 is 28.4 Å². The van der Waals surface area contributed by atoms with Gasteiger partial charge in [-0.3, -0.25) is 9.59 Å². The van der Waals surface area contributed by atoms with Crippen LogP contribution >= 0.6 is 11.6 Å². The van der Waals surface area contributed by atoms with Gasteiger partial charge in [-0.05, 0) is 29.8 Å². The molecule has 1 aromatic heterocycles. The summed E-state index contributed by atoms with van der Waals surface area (Å²) in [5.41, 5.74) is 1.70. The van der Waals surface area contributed by atoms with Gasteiger partial charge in [0.25, 0.3) is 5.56 Å². The number of nitrogens with one attached hydrogen (secondary N) is 1. The normalized spacial score (nSPS) is 10.4. The third-order valence-electron chi connectivity index (χ3n) is 4.52. The summed E-state index contributed by atoms with van der Waals surface area (Å²) in [6.45, 7) is -0.0270. The molecule has 0 atom stereocenters. The third-order valence-corrected chi connectivity index (χ3v) is 4.77. The van der Waals surface area contributed by atoms with E-state index in [1.807, 2.05) is 12.1 Å². The van der Waals surface area contributed by atoms with E-state index in [0.29, 0.717) is 28.0 Å². The van der Waals surface area contributed by atoms with E-state index in [1.54, 1.807) is 31.3 Å². The number of carbonyl (C=O) groups is 1. The van der Waals surface area contributed by atoms with Crippen LogP contribution in [0.2, 0.25) is 5.02 Å². The van der Waals surface area contributed by atoms with Crippen molar-refractivity contribution in [1.29, 1.82) is 0 Å². The first kappa shape index (κ1) is 20.5. The minimum atomic E-state index is -0.374. The zero-order chi connectivity index (χ0) is 21.0. The minimum absolute atomic E-state index is 0.0180. The average Bonchev–Trinajstić information content (AvgIpc) is 2.71. The molecule has 3 N–H and O–H groups in total. The number of phenols is 1. The molecule has 0 spiro atoms. The third kappa shape index (κ3) is 4.60. The predicted molar refractivity (Wildman–Crippen MR) is 112 cm³/mol. The molecule has 3 aromatic rings. The first-order valence-corrected chi connectivity index (χ1v) is 9.24. The Morgan fingerprint density at radius 2 is 1.93 bits per heavy atom. The highest BCUT2D eigenvalue weighted by atomic mass is 35.5. The molecule has 0 radical (unpaired) electrons. The zero-order valence-corrected chi connectivity index (χ0v) is 16.5. The largest absolute Gasteiger partial charge is 0.507 e. The number of phenolic OH excluding ortho intramolecular Hbond substituents is 1. The van der Waals surface area contributed by atoms with E-state index in [4.69, 9.17) is 16.7 Å². The van der Waals surface area contributed by atoms with Gasteiger partial charge in [0.1, 0.15) is 12.4 Å². The second-order valence-electron chi connectivity index (χ2n) is 6.47. The monoisotopic (exact) mass is 410 g/mol. The van der Waals surface area contributed by atoms with Crippen LogP contribution in [-0.2, 0) is 24.8 Å². The van der Waals surface area contributed by atoms with Crippen LogP contribution in [0.15, 0.2) is 47.3 Å². The number of hydrogen-bond donors (Lipinski definition) is 3. The maximum absolute atomic E-state index is 12.3. The SMILES string of the molecule is Cn1c(=O)c(C#CCO)cc2c(O)c(CC(=O)NCc3ccc(Cl)cc3)ccc21. The number of pyridine rings is 1. The lowest BCUT2D eigenvalue weighted by atomic mass is 10.0. The van der Waals surface area contributed by atoms with Crippen LogP contribution in [0.5, 0.6) is 5.75 Å². The number of nitrogens with zero attached hydrogens (tertiary/aromatic N) is 1. The molecule has 7 heteroatoms. The molecule has 0 fully saturated rings. The average molecular weight is 411 g/mol. The van der Waals surface area contributed by atoms with Gasteiger partial charge in [0.2, 0.25) is 5.91 Å². The Morgan fingerprint density at radius 3 is 2.62 bits per heavy atom. The number of aryl methyl sites for hydroxylation is 1. The first-order chi connectivity index (χ1) is 13.9. The number of aromatic hydroxyl groups is 1. The topological polar surface area (TPSA) is 91.6 Å². The fourth-order valence-electron chi connectivity index (χ4n) is 2.98. The van der Waals surface area contributed by atoms with E-state index in [-0.39, 0.29) is 35.8 Å². The number of fused-ring (bicyclic) bond motifs is 1. The Labute approximate surface area is 172 Å². The summed E-state index contributed by atoms with van der Waals surface area (Å²) >= 11 is 5.85. The molecule has 0 aliphatic rings. The summed E-state index contributed by atoms with van der Waals surface area (Å²) in [5.74, 6) is 4.70. The quantitative estimate of drug-likeness (QED) is 0.574. The number of amides is 1. The lowest BCUT2D eigenvalue weighted by molar-refractivity contribution is -0.120. The Balaban J connectivity index is 1.85. The summed E-state index contributed by atoms with van der Waals surface area (Å²) in [6.07, 6.45) is -0.0180. The molecule has 2 aromatic carbocycles. The van der Waals surface area contributed by atoms with Crippen LogP contribution in [0.25, 0.3) is 10.9 Å². The van der Waals surface area contributed by atoms with E-state index in [9.17, 15) is 14.7 Å². The van der Waals surface area contributed by atoms with Gasteiger partial charge < -0.3 is 20.1 Å². The molecule has 0 aliphatic heterocycles. The molecule has 0 unspecified atom stereocenters. The van der Waals surface area contributed by atoms with Crippen molar-refractivity contribution in [1.82, 2.24) is 9.88 Å². The maximum Gasteiger partial charge on any atom is 0.266 e. The van der Waals surface area contributed by atoms with Crippen molar-refractivity contribution in [2.24, 2.45) is 7.05 Å². The minimum Gasteiger partial charge on any atom is -0.507 e. The Hall–Kier alpha value is -3.27. The van der Waals surface area contributed by atoms with Crippen LogP contribution in [0, 0.1) is 11.8 Å². The van der Waals surface area contributed by atoms with Crippen LogP contribution in [0.1, 0.15) is 16.7 Å². The van der Waals surface area contributed by atoms with E-state index in [2.05, 4.69) is 17.2 Å². The molecular formula is C22H19ClN2O4. The van der Waals surface area contributed by atoms with Crippen LogP contribution < -0.4 is 10.9 Å². The molecule has 0 saturated carbocycles. The fraction of sp³-hybridized carbons (Fsp3) is 0.182. The van der Waals surface area contributed by atoms with Crippen LogP contribution in [0.3, 0.4) is 0 Å². The zero-order valence-electron chi connectivity index (χ0n) is 15.7. The first-order valence-electron chi connectivity index (χ1n) is 8.86. The molecule has 0 aliphatic carbocycles. The summed E-state index contributed by atoms with van der Waals surface area (Å²) < 4.78 is 1.38. The molecule has 6 nitrogen and oxygen atoms in total. The van der Waals surface area contributed by atoms with E-state index < -0.39 is 0 Å². The van der Waals surface area contributed by atoms with Gasteiger partial charge in [-0.2, -0.15) is 0 Å². The van der Waals surface area contributed by atoms with Gasteiger partial charge in [0, 0.05) is 29.6 Å². The number of carbonyl (C=O) groups excluding carboxylic acids is 1. The van der Waals surface area contributed by atoms with E-state index in [1.165, 1.54) is 10.6 Å². The van der Waals surface area contributed by atoms with Gasteiger partial charge in [0.15, 0.2) is 0 Å². The molecule has 3 rings (SSSR count). The summed E-state index contributed by atoms with van der Waals surface area (Å²) in [4.78, 5) is 24.6. The second-order valence-corrected chi connectivity index (χ2v) is 6.90. The van der Waals surface area contributed by atoms with E-state index >= 15 is 0 Å². The molecule has 1 heterocycles. The highest BCUT2D eigenvalue weighted by molar-refractivity contribution is 6.30. The number of rotatable bonds is 4. The van der Waals surface area contributed by atoms with Gasteiger partial charge in [-0.1, -0.05) is 41.6 Å². The molecular weight excluding hydrogens is 392 g/mol. The van der Waals surface area contributed by atoms with Crippen molar-refractivity contribution in [3.8, 4) is 17.6 Å². The van der Waals surface area contributed by atoms with Gasteiger partial charge >= 0.3 is 0 Å². The maximum atomic E-state index is 12.3. The molecule has 0 bridgehead atoms.